The van der Waals surface area contributed by atoms with Crippen LogP contribution in [0.2, 0.25) is 0 Å². The Balaban J connectivity index is 1.59. The Morgan fingerprint density at radius 2 is 1.95 bits per heavy atom. The van der Waals surface area contributed by atoms with E-state index in [-0.39, 0.29) is 6.04 Å². The molecule has 0 saturated heterocycles. The standard InChI is InChI=1S/C16H14N4OS/c21-13-9-10-5-1-2-6-11(10)14(13)18-16-20-19-15(22-16)12-7-3-4-8-17-12/h1-8,13-14,21H,9H2,(H,18,20)/t13-,14+/m1/s1. The Morgan fingerprint density at radius 1 is 1.09 bits per heavy atom. The zero-order valence-corrected chi connectivity index (χ0v) is 12.5. The lowest BCUT2D eigenvalue weighted by Crippen LogP contribution is -2.21. The van der Waals surface area contributed by atoms with Crippen LogP contribution in [0.1, 0.15) is 17.2 Å². The van der Waals surface area contributed by atoms with Crippen molar-refractivity contribution in [1.29, 1.82) is 0 Å². The van der Waals surface area contributed by atoms with E-state index in [0.717, 1.165) is 16.3 Å². The van der Waals surface area contributed by atoms with Crippen LogP contribution in [0.25, 0.3) is 10.7 Å². The van der Waals surface area contributed by atoms with Gasteiger partial charge in [-0.15, -0.1) is 10.2 Å². The molecule has 3 aromatic rings. The number of aliphatic hydroxyl groups excluding tert-OH is 1. The van der Waals surface area contributed by atoms with Gasteiger partial charge >= 0.3 is 0 Å². The summed E-state index contributed by atoms with van der Waals surface area (Å²) in [5, 5.41) is 23.4. The van der Waals surface area contributed by atoms with Gasteiger partial charge in [0.05, 0.1) is 12.1 Å². The highest BCUT2D eigenvalue weighted by atomic mass is 32.1. The van der Waals surface area contributed by atoms with Crippen LogP contribution in [-0.4, -0.2) is 26.4 Å². The van der Waals surface area contributed by atoms with Crippen LogP contribution in [0.5, 0.6) is 0 Å². The molecule has 5 nitrogen and oxygen atoms in total. The zero-order chi connectivity index (χ0) is 14.9. The van der Waals surface area contributed by atoms with Crippen molar-refractivity contribution in [2.24, 2.45) is 0 Å². The summed E-state index contributed by atoms with van der Waals surface area (Å²) in [7, 11) is 0. The van der Waals surface area contributed by atoms with Crippen LogP contribution >= 0.6 is 11.3 Å². The second kappa shape index (κ2) is 5.47. The fraction of sp³-hybridized carbons (Fsp3) is 0.188. The Kier molecular flexibility index (Phi) is 3.32. The number of hydrogen-bond donors (Lipinski definition) is 2. The lowest BCUT2D eigenvalue weighted by atomic mass is 10.1. The van der Waals surface area contributed by atoms with Gasteiger partial charge in [0.15, 0.2) is 5.01 Å². The van der Waals surface area contributed by atoms with Gasteiger partial charge in [-0.3, -0.25) is 4.98 Å². The number of benzene rings is 1. The van der Waals surface area contributed by atoms with Gasteiger partial charge in [-0.05, 0) is 23.3 Å². The third kappa shape index (κ3) is 2.36. The summed E-state index contributed by atoms with van der Waals surface area (Å²) in [5.41, 5.74) is 3.12. The molecule has 6 heteroatoms. The molecule has 0 unspecified atom stereocenters. The highest BCUT2D eigenvalue weighted by Crippen LogP contribution is 2.35. The number of hydrogen-bond acceptors (Lipinski definition) is 6. The summed E-state index contributed by atoms with van der Waals surface area (Å²) in [4.78, 5) is 4.28. The SMILES string of the molecule is O[C@@H]1Cc2ccccc2[C@@H]1Nc1nnc(-c2ccccn2)s1. The first kappa shape index (κ1) is 13.4. The number of fused-ring (bicyclic) bond motifs is 1. The molecule has 2 aromatic heterocycles. The molecule has 4 rings (SSSR count). The Morgan fingerprint density at radius 3 is 2.82 bits per heavy atom. The van der Waals surface area contributed by atoms with Crippen molar-refractivity contribution >= 4 is 16.5 Å². The largest absolute Gasteiger partial charge is 0.390 e. The Labute approximate surface area is 131 Å². The second-order valence-corrected chi connectivity index (χ2v) is 6.20. The van der Waals surface area contributed by atoms with E-state index in [4.69, 9.17) is 0 Å². The highest BCUT2D eigenvalue weighted by Gasteiger charge is 2.31. The van der Waals surface area contributed by atoms with Gasteiger partial charge in [0.2, 0.25) is 5.13 Å². The van der Waals surface area contributed by atoms with Crippen molar-refractivity contribution in [3.05, 3.63) is 59.8 Å². The number of nitrogens with zero attached hydrogens (tertiary/aromatic N) is 3. The van der Waals surface area contributed by atoms with E-state index in [0.29, 0.717) is 11.6 Å². The maximum atomic E-state index is 10.3. The number of aliphatic hydroxyl groups is 1. The van der Waals surface area contributed by atoms with Gasteiger partial charge in [0.1, 0.15) is 5.69 Å². The number of rotatable bonds is 3. The van der Waals surface area contributed by atoms with Crippen LogP contribution in [0.15, 0.2) is 48.7 Å². The molecule has 0 radical (unpaired) electrons. The molecule has 0 fully saturated rings. The molecule has 2 N–H and O–H groups in total. The van der Waals surface area contributed by atoms with Crippen LogP contribution in [0.4, 0.5) is 5.13 Å². The summed E-state index contributed by atoms with van der Waals surface area (Å²) in [6.45, 7) is 0. The lowest BCUT2D eigenvalue weighted by Gasteiger charge is -2.16. The van der Waals surface area contributed by atoms with E-state index in [9.17, 15) is 5.11 Å². The van der Waals surface area contributed by atoms with Crippen molar-refractivity contribution in [3.8, 4) is 10.7 Å². The molecule has 1 aromatic carbocycles. The minimum absolute atomic E-state index is 0.138. The molecule has 2 heterocycles. The Hall–Kier alpha value is -2.31. The van der Waals surface area contributed by atoms with Gasteiger partial charge in [-0.2, -0.15) is 0 Å². The molecule has 0 amide bonds. The van der Waals surface area contributed by atoms with Crippen LogP contribution in [-0.2, 0) is 6.42 Å². The third-order valence-electron chi connectivity index (χ3n) is 3.79. The summed E-state index contributed by atoms with van der Waals surface area (Å²) in [5.74, 6) is 0. The van der Waals surface area contributed by atoms with Gasteiger partial charge in [-0.25, -0.2) is 0 Å². The molecular weight excluding hydrogens is 296 g/mol. The first-order valence-electron chi connectivity index (χ1n) is 7.08. The first-order chi connectivity index (χ1) is 10.8. The molecule has 0 bridgehead atoms. The van der Waals surface area contributed by atoms with E-state index in [1.54, 1.807) is 6.20 Å². The smallest absolute Gasteiger partial charge is 0.206 e. The molecule has 0 aliphatic heterocycles. The lowest BCUT2D eigenvalue weighted by molar-refractivity contribution is 0.166. The minimum atomic E-state index is -0.445. The fourth-order valence-electron chi connectivity index (χ4n) is 2.76. The van der Waals surface area contributed by atoms with E-state index >= 15 is 0 Å². The predicted molar refractivity (Wildman–Crippen MR) is 85.7 cm³/mol. The highest BCUT2D eigenvalue weighted by molar-refractivity contribution is 7.18. The van der Waals surface area contributed by atoms with E-state index in [2.05, 4.69) is 26.6 Å². The minimum Gasteiger partial charge on any atom is -0.390 e. The summed E-state index contributed by atoms with van der Waals surface area (Å²) >= 11 is 1.44. The normalized spacial score (nSPS) is 19.9. The van der Waals surface area contributed by atoms with Gasteiger partial charge in [0.25, 0.3) is 0 Å². The average Bonchev–Trinajstić information content (AvgIpc) is 3.14. The maximum absolute atomic E-state index is 10.3. The second-order valence-electron chi connectivity index (χ2n) is 5.22. The Bertz CT molecular complexity index is 790. The molecule has 110 valence electrons. The quantitative estimate of drug-likeness (QED) is 0.778. The summed E-state index contributed by atoms with van der Waals surface area (Å²) in [6, 6.07) is 13.7. The van der Waals surface area contributed by atoms with Crippen molar-refractivity contribution in [3.63, 3.8) is 0 Å². The molecular formula is C16H14N4OS. The van der Waals surface area contributed by atoms with E-state index in [1.807, 2.05) is 36.4 Å². The fourth-order valence-corrected chi connectivity index (χ4v) is 3.51. The van der Waals surface area contributed by atoms with Crippen molar-refractivity contribution < 1.29 is 5.11 Å². The zero-order valence-electron chi connectivity index (χ0n) is 11.7. The molecule has 1 aliphatic carbocycles. The topological polar surface area (TPSA) is 70.9 Å². The molecule has 0 saturated carbocycles. The third-order valence-corrected chi connectivity index (χ3v) is 4.67. The molecule has 22 heavy (non-hydrogen) atoms. The van der Waals surface area contributed by atoms with E-state index < -0.39 is 6.10 Å². The number of pyridine rings is 1. The van der Waals surface area contributed by atoms with Crippen LogP contribution < -0.4 is 5.32 Å². The van der Waals surface area contributed by atoms with Gasteiger partial charge in [0, 0.05) is 12.6 Å². The van der Waals surface area contributed by atoms with Gasteiger partial charge in [-0.1, -0.05) is 41.7 Å². The average molecular weight is 310 g/mol. The van der Waals surface area contributed by atoms with Crippen LogP contribution in [0, 0.1) is 0 Å². The summed E-state index contributed by atoms with van der Waals surface area (Å²) in [6.07, 6.45) is 1.96. The monoisotopic (exact) mass is 310 g/mol. The number of aromatic nitrogens is 3. The van der Waals surface area contributed by atoms with Crippen molar-refractivity contribution in [1.82, 2.24) is 15.2 Å². The predicted octanol–water partition coefficient (Wildman–Crippen LogP) is 2.67. The van der Waals surface area contributed by atoms with Gasteiger partial charge < -0.3 is 10.4 Å². The van der Waals surface area contributed by atoms with E-state index in [1.165, 1.54) is 16.9 Å². The van der Waals surface area contributed by atoms with Crippen molar-refractivity contribution in [2.75, 3.05) is 5.32 Å². The summed E-state index contributed by atoms with van der Waals surface area (Å²) < 4.78 is 0. The molecule has 1 aliphatic rings. The van der Waals surface area contributed by atoms with Crippen molar-refractivity contribution in [2.45, 2.75) is 18.6 Å². The molecule has 0 spiro atoms. The first-order valence-corrected chi connectivity index (χ1v) is 7.90. The number of nitrogens with one attached hydrogen (secondary N) is 1. The number of anilines is 1. The van der Waals surface area contributed by atoms with Crippen LogP contribution in [0.3, 0.4) is 0 Å². The maximum Gasteiger partial charge on any atom is 0.206 e. The molecule has 2 atom stereocenters.